The van der Waals surface area contributed by atoms with Crippen molar-refractivity contribution in [3.05, 3.63) is 16.0 Å². The molecule has 4 nitrogen and oxygen atoms in total. The Kier molecular flexibility index (Phi) is 8.68. The summed E-state index contributed by atoms with van der Waals surface area (Å²) in [5, 5.41) is -7.27. The summed E-state index contributed by atoms with van der Waals surface area (Å²) < 4.78 is 217. The van der Waals surface area contributed by atoms with Crippen LogP contribution in [0, 0.1) is 6.92 Å². The summed E-state index contributed by atoms with van der Waals surface area (Å²) in [5.74, 6) is -62.8. The number of amides is 2. The van der Waals surface area contributed by atoms with E-state index in [1.165, 1.54) is 6.92 Å². The lowest BCUT2D eigenvalue weighted by atomic mass is 9.89. The van der Waals surface area contributed by atoms with Gasteiger partial charge in [-0.2, -0.15) is 70.2 Å². The lowest BCUT2D eigenvalue weighted by Crippen LogP contribution is -2.75. The van der Waals surface area contributed by atoms with Crippen molar-refractivity contribution in [2.75, 3.05) is 5.32 Å². The standard InChI is InChI=1S/C17H11ClF16N2O2S/c1-3-5-4(2)39-8(6(5)7(35)37)36-9(38)10(19,20)11(21,22)12(23,24)13(25,26)14(27,28)15(29,30)16(31,32)17(18,33)34/h3H2,1-2H3,(H2,35,37)(H,36,38). The lowest BCUT2D eigenvalue weighted by molar-refractivity contribution is -0.445. The van der Waals surface area contributed by atoms with E-state index in [2.05, 4.69) is 11.6 Å². The summed E-state index contributed by atoms with van der Waals surface area (Å²) in [5.41, 5.74) is 3.99. The number of anilines is 1. The Balaban J connectivity index is 3.67. The van der Waals surface area contributed by atoms with Gasteiger partial charge in [0.2, 0.25) is 0 Å². The number of nitrogens with one attached hydrogen (secondary N) is 1. The fraction of sp³-hybridized carbons (Fsp3) is 0.647. The van der Waals surface area contributed by atoms with Crippen molar-refractivity contribution in [1.29, 1.82) is 0 Å². The van der Waals surface area contributed by atoms with E-state index in [-0.39, 0.29) is 28.2 Å². The van der Waals surface area contributed by atoms with Crippen LogP contribution in [0.5, 0.6) is 0 Å². The third kappa shape index (κ3) is 4.75. The van der Waals surface area contributed by atoms with Crippen LogP contribution in [0.1, 0.15) is 27.7 Å². The van der Waals surface area contributed by atoms with Gasteiger partial charge in [-0.3, -0.25) is 9.59 Å². The molecule has 0 fully saturated rings. The van der Waals surface area contributed by atoms with Crippen molar-refractivity contribution in [1.82, 2.24) is 0 Å². The first-order chi connectivity index (χ1) is 16.9. The Morgan fingerprint density at radius 2 is 1.10 bits per heavy atom. The number of primary amides is 1. The van der Waals surface area contributed by atoms with Crippen LogP contribution in [0.3, 0.4) is 0 Å². The molecule has 39 heavy (non-hydrogen) atoms. The second-order valence-corrected chi connectivity index (χ2v) is 9.23. The second-order valence-electron chi connectivity index (χ2n) is 7.53. The largest absolute Gasteiger partial charge is 0.393 e. The number of nitrogens with two attached hydrogens (primary N) is 1. The number of alkyl halides is 17. The Hall–Kier alpha value is -2.19. The third-order valence-corrected chi connectivity index (χ3v) is 6.34. The van der Waals surface area contributed by atoms with Crippen molar-refractivity contribution in [2.45, 2.75) is 67.1 Å². The second kappa shape index (κ2) is 9.72. The zero-order valence-corrected chi connectivity index (χ0v) is 20.0. The van der Waals surface area contributed by atoms with Gasteiger partial charge in [0.25, 0.3) is 5.91 Å². The summed E-state index contributed by atoms with van der Waals surface area (Å²) in [7, 11) is 0. The molecule has 0 saturated heterocycles. The molecule has 2 amide bonds. The molecule has 1 aromatic rings. The van der Waals surface area contributed by atoms with Crippen LogP contribution in [-0.4, -0.2) is 58.7 Å². The van der Waals surface area contributed by atoms with Gasteiger partial charge in [0.1, 0.15) is 5.00 Å². The molecule has 0 unspecified atom stereocenters. The molecule has 0 aliphatic heterocycles. The van der Waals surface area contributed by atoms with Crippen LogP contribution in [0.4, 0.5) is 75.2 Å². The van der Waals surface area contributed by atoms with Crippen LogP contribution in [-0.2, 0) is 11.2 Å². The summed E-state index contributed by atoms with van der Waals surface area (Å²) in [6.07, 6.45) is -0.136. The number of aryl methyl sites for hydroxylation is 1. The molecule has 1 rings (SSSR count). The smallest absolute Gasteiger partial charge is 0.365 e. The summed E-state index contributed by atoms with van der Waals surface area (Å²) >= 11 is 3.58. The highest BCUT2D eigenvalue weighted by atomic mass is 35.5. The molecule has 0 aliphatic rings. The van der Waals surface area contributed by atoms with Gasteiger partial charge in [0.05, 0.1) is 5.56 Å². The zero-order valence-electron chi connectivity index (χ0n) is 18.4. The van der Waals surface area contributed by atoms with Crippen molar-refractivity contribution < 1.29 is 79.8 Å². The highest BCUT2D eigenvalue weighted by Crippen LogP contribution is 2.64. The Morgan fingerprint density at radius 1 is 0.744 bits per heavy atom. The maximum absolute atomic E-state index is 14.1. The average Bonchev–Trinajstić information content (AvgIpc) is 3.06. The van der Waals surface area contributed by atoms with E-state index in [4.69, 9.17) is 5.73 Å². The topological polar surface area (TPSA) is 72.2 Å². The minimum Gasteiger partial charge on any atom is -0.365 e. The van der Waals surface area contributed by atoms with E-state index in [9.17, 15) is 79.8 Å². The molecular weight excluding hydrogens is 636 g/mol. The molecule has 0 spiro atoms. The predicted molar refractivity (Wildman–Crippen MR) is 101 cm³/mol. The molecular formula is C17H11ClF16N2O2S. The van der Waals surface area contributed by atoms with Crippen LogP contribution in [0.25, 0.3) is 0 Å². The fourth-order valence-corrected chi connectivity index (χ4v) is 4.11. The highest BCUT2D eigenvalue weighted by Gasteiger charge is 2.95. The Bertz CT molecular complexity index is 1130. The van der Waals surface area contributed by atoms with Gasteiger partial charge in [-0.25, -0.2) is 0 Å². The monoisotopic (exact) mass is 646 g/mol. The van der Waals surface area contributed by atoms with Crippen LogP contribution in [0.15, 0.2) is 0 Å². The van der Waals surface area contributed by atoms with E-state index in [0.717, 1.165) is 12.2 Å². The minimum absolute atomic E-state index is 0.00700. The van der Waals surface area contributed by atoms with E-state index < -0.39 is 69.2 Å². The number of thiophene rings is 1. The van der Waals surface area contributed by atoms with Crippen LogP contribution < -0.4 is 11.1 Å². The molecule has 0 bridgehead atoms. The molecule has 1 heterocycles. The molecule has 0 aromatic carbocycles. The first kappa shape index (κ1) is 34.8. The van der Waals surface area contributed by atoms with Gasteiger partial charge < -0.3 is 11.1 Å². The molecule has 1 aromatic heterocycles. The van der Waals surface area contributed by atoms with E-state index in [1.807, 2.05) is 0 Å². The fourth-order valence-electron chi connectivity index (χ4n) is 2.84. The van der Waals surface area contributed by atoms with Crippen molar-refractivity contribution >= 4 is 39.8 Å². The number of hydrogen-bond donors (Lipinski definition) is 2. The Morgan fingerprint density at radius 3 is 1.44 bits per heavy atom. The average molecular weight is 647 g/mol. The number of hydrogen-bond acceptors (Lipinski definition) is 3. The normalized spacial score (nSPS) is 14.9. The van der Waals surface area contributed by atoms with Gasteiger partial charge in [-0.1, -0.05) is 6.92 Å². The van der Waals surface area contributed by atoms with Gasteiger partial charge >= 0.3 is 52.7 Å². The molecule has 22 heteroatoms. The number of halogens is 17. The number of carbonyl (C=O) groups excluding carboxylic acids is 2. The maximum Gasteiger partial charge on any atom is 0.393 e. The maximum atomic E-state index is 14.1. The quantitative estimate of drug-likeness (QED) is 0.202. The van der Waals surface area contributed by atoms with Crippen molar-refractivity contribution in [2.24, 2.45) is 5.73 Å². The van der Waals surface area contributed by atoms with E-state index in [0.29, 0.717) is 0 Å². The van der Waals surface area contributed by atoms with Gasteiger partial charge in [-0.15, -0.1) is 11.3 Å². The molecule has 3 N–H and O–H groups in total. The highest BCUT2D eigenvalue weighted by molar-refractivity contribution is 7.16. The van der Waals surface area contributed by atoms with E-state index in [1.54, 1.807) is 0 Å². The predicted octanol–water partition coefficient (Wildman–Crippen LogP) is 6.94. The van der Waals surface area contributed by atoms with Gasteiger partial charge in [0.15, 0.2) is 0 Å². The van der Waals surface area contributed by atoms with Gasteiger partial charge in [0, 0.05) is 4.88 Å². The SMILES string of the molecule is CCc1c(C)sc(NC(=O)C(F)(F)C(F)(F)C(F)(F)C(F)(F)C(F)(F)C(F)(F)C(F)(F)C(F)(F)Cl)c1C(N)=O. The summed E-state index contributed by atoms with van der Waals surface area (Å²) in [4.78, 5) is 23.3. The molecule has 0 aliphatic carbocycles. The first-order valence-corrected chi connectivity index (χ1v) is 10.6. The first-order valence-electron chi connectivity index (χ1n) is 9.38. The van der Waals surface area contributed by atoms with Crippen molar-refractivity contribution in [3.8, 4) is 0 Å². The zero-order chi connectivity index (χ0) is 31.6. The van der Waals surface area contributed by atoms with E-state index >= 15 is 0 Å². The molecule has 226 valence electrons. The number of rotatable bonds is 11. The van der Waals surface area contributed by atoms with Gasteiger partial charge in [-0.05, 0) is 30.5 Å². The van der Waals surface area contributed by atoms with Crippen molar-refractivity contribution in [3.63, 3.8) is 0 Å². The minimum atomic E-state index is -8.70. The van der Waals surface area contributed by atoms with Crippen LogP contribution in [0.2, 0.25) is 0 Å². The summed E-state index contributed by atoms with van der Waals surface area (Å²) in [6.45, 7) is 2.47. The molecule has 0 radical (unpaired) electrons. The molecule has 0 saturated carbocycles. The molecule has 0 atom stereocenters. The summed E-state index contributed by atoms with van der Waals surface area (Å²) in [6, 6.07) is 0. The Labute approximate surface area is 214 Å². The lowest BCUT2D eigenvalue weighted by Gasteiger charge is -2.42. The van der Waals surface area contributed by atoms with Crippen LogP contribution >= 0.6 is 22.9 Å². The third-order valence-electron chi connectivity index (χ3n) is 5.04. The number of carbonyl (C=O) groups is 2.